The second kappa shape index (κ2) is 8.29. The summed E-state index contributed by atoms with van der Waals surface area (Å²) in [6, 6.07) is 16.5. The molecule has 146 valence electrons. The van der Waals surface area contributed by atoms with Crippen molar-refractivity contribution in [2.75, 3.05) is 10.6 Å². The average molecular weight is 386 g/mol. The van der Waals surface area contributed by atoms with Crippen molar-refractivity contribution in [3.63, 3.8) is 0 Å². The van der Waals surface area contributed by atoms with Gasteiger partial charge in [-0.05, 0) is 37.6 Å². The van der Waals surface area contributed by atoms with Crippen LogP contribution in [-0.2, 0) is 6.18 Å². The Balaban J connectivity index is 1.91. The molecule has 0 fully saturated rings. The van der Waals surface area contributed by atoms with Gasteiger partial charge in [0.25, 0.3) is 0 Å². The van der Waals surface area contributed by atoms with Gasteiger partial charge in [0.05, 0.1) is 11.3 Å². The van der Waals surface area contributed by atoms with Gasteiger partial charge in [0.2, 0.25) is 5.95 Å². The summed E-state index contributed by atoms with van der Waals surface area (Å²) in [6.07, 6.45) is -3.46. The van der Waals surface area contributed by atoms with Crippen molar-refractivity contribution in [2.24, 2.45) is 0 Å². The third-order valence-corrected chi connectivity index (χ3v) is 4.27. The van der Waals surface area contributed by atoms with Crippen LogP contribution in [0.15, 0.2) is 60.7 Å². The zero-order valence-electron chi connectivity index (χ0n) is 15.6. The number of nitrogens with zero attached hydrogens (tertiary/aromatic N) is 2. The lowest BCUT2D eigenvalue weighted by molar-refractivity contribution is -0.137. The Hall–Kier alpha value is -3.09. The Kier molecular flexibility index (Phi) is 5.82. The normalized spacial score (nSPS) is 12.5. The summed E-state index contributed by atoms with van der Waals surface area (Å²) in [5, 5.41) is 6.31. The third-order valence-electron chi connectivity index (χ3n) is 4.27. The number of nitrogens with one attached hydrogen (secondary N) is 2. The molecule has 0 radical (unpaired) electrons. The second-order valence-electron chi connectivity index (χ2n) is 6.48. The van der Waals surface area contributed by atoms with Gasteiger partial charge in [-0.2, -0.15) is 18.2 Å². The molecule has 3 rings (SSSR count). The lowest BCUT2D eigenvalue weighted by atomic mass is 10.1. The van der Waals surface area contributed by atoms with E-state index >= 15 is 0 Å². The molecule has 28 heavy (non-hydrogen) atoms. The van der Waals surface area contributed by atoms with Gasteiger partial charge in [0, 0.05) is 23.4 Å². The van der Waals surface area contributed by atoms with E-state index in [2.05, 4.69) is 27.5 Å². The highest BCUT2D eigenvalue weighted by Gasteiger charge is 2.29. The Bertz CT molecular complexity index is 909. The molecule has 0 aliphatic heterocycles. The van der Waals surface area contributed by atoms with Crippen LogP contribution in [0, 0.1) is 0 Å². The van der Waals surface area contributed by atoms with Gasteiger partial charge in [0.15, 0.2) is 0 Å². The van der Waals surface area contributed by atoms with Crippen LogP contribution in [0.25, 0.3) is 11.3 Å². The number of alkyl halides is 3. The quantitative estimate of drug-likeness (QED) is 0.536. The predicted molar refractivity (Wildman–Crippen MR) is 106 cm³/mol. The molecule has 0 bridgehead atoms. The number of rotatable bonds is 6. The Labute approximate surface area is 161 Å². The summed E-state index contributed by atoms with van der Waals surface area (Å²) < 4.78 is 38.2. The molecule has 7 heteroatoms. The average Bonchev–Trinajstić information content (AvgIpc) is 2.68. The van der Waals surface area contributed by atoms with Crippen LogP contribution >= 0.6 is 0 Å². The van der Waals surface area contributed by atoms with Gasteiger partial charge in [0.1, 0.15) is 5.82 Å². The van der Waals surface area contributed by atoms with Crippen LogP contribution in [-0.4, -0.2) is 16.0 Å². The summed E-state index contributed by atoms with van der Waals surface area (Å²) in [7, 11) is 0. The minimum absolute atomic E-state index is 0.185. The first-order valence-electron chi connectivity index (χ1n) is 9.00. The van der Waals surface area contributed by atoms with Crippen LogP contribution in [0.4, 0.5) is 30.6 Å². The molecule has 1 atom stereocenters. The van der Waals surface area contributed by atoms with Gasteiger partial charge in [-0.3, -0.25) is 0 Å². The minimum atomic E-state index is -4.36. The van der Waals surface area contributed by atoms with Crippen molar-refractivity contribution in [3.05, 3.63) is 66.2 Å². The molecule has 0 aliphatic rings. The molecule has 2 aromatic carbocycles. The van der Waals surface area contributed by atoms with Crippen LogP contribution < -0.4 is 10.6 Å². The number of aromatic nitrogens is 2. The summed E-state index contributed by atoms with van der Waals surface area (Å²) in [5.41, 5.74) is 1.47. The van der Waals surface area contributed by atoms with E-state index in [0.29, 0.717) is 17.5 Å². The highest BCUT2D eigenvalue weighted by Crippen LogP contribution is 2.30. The van der Waals surface area contributed by atoms with Crippen molar-refractivity contribution < 1.29 is 13.2 Å². The second-order valence-corrected chi connectivity index (χ2v) is 6.48. The van der Waals surface area contributed by atoms with E-state index in [4.69, 9.17) is 0 Å². The van der Waals surface area contributed by atoms with Gasteiger partial charge in [-0.15, -0.1) is 0 Å². The third kappa shape index (κ3) is 5.00. The first kappa shape index (κ1) is 19.7. The lowest BCUT2D eigenvalue weighted by Crippen LogP contribution is -2.16. The molecule has 0 saturated heterocycles. The molecule has 0 spiro atoms. The van der Waals surface area contributed by atoms with Gasteiger partial charge >= 0.3 is 6.18 Å². The molecule has 0 unspecified atom stereocenters. The molecule has 1 heterocycles. The van der Waals surface area contributed by atoms with E-state index in [1.54, 1.807) is 6.07 Å². The van der Waals surface area contributed by atoms with Gasteiger partial charge in [-0.1, -0.05) is 37.3 Å². The molecular weight excluding hydrogens is 365 g/mol. The molecule has 2 N–H and O–H groups in total. The molecule has 0 amide bonds. The molecule has 1 aromatic heterocycles. The first-order chi connectivity index (χ1) is 13.3. The van der Waals surface area contributed by atoms with Crippen molar-refractivity contribution in [2.45, 2.75) is 32.5 Å². The molecule has 4 nitrogen and oxygen atoms in total. The van der Waals surface area contributed by atoms with E-state index in [1.165, 1.54) is 12.1 Å². The maximum Gasteiger partial charge on any atom is 0.416 e. The van der Waals surface area contributed by atoms with Crippen LogP contribution in [0.2, 0.25) is 0 Å². The number of halogens is 3. The maximum absolute atomic E-state index is 12.7. The highest BCUT2D eigenvalue weighted by atomic mass is 19.4. The fraction of sp³-hybridized carbons (Fsp3) is 0.238. The highest BCUT2D eigenvalue weighted by molar-refractivity contribution is 5.67. The number of hydrogen-bond donors (Lipinski definition) is 2. The monoisotopic (exact) mass is 386 g/mol. The van der Waals surface area contributed by atoms with Gasteiger partial charge in [-0.25, -0.2) is 4.98 Å². The van der Waals surface area contributed by atoms with E-state index in [1.807, 2.05) is 37.3 Å². The standard InChI is InChI=1S/C21H21F3N4/c1-3-14(2)25-20-27-18(15-7-5-4-6-8-15)13-19(28-20)26-17-11-9-16(10-12-17)21(22,23)24/h4-14H,3H2,1-2H3,(H2,25,26,27,28)/t14-/m0/s1. The fourth-order valence-electron chi connectivity index (χ4n) is 2.55. The van der Waals surface area contributed by atoms with E-state index < -0.39 is 11.7 Å². The Morgan fingerprint density at radius 1 is 0.964 bits per heavy atom. The smallest absolute Gasteiger partial charge is 0.352 e. The maximum atomic E-state index is 12.7. The van der Waals surface area contributed by atoms with Crippen LogP contribution in [0.3, 0.4) is 0 Å². The van der Waals surface area contributed by atoms with Crippen molar-refractivity contribution in [1.82, 2.24) is 9.97 Å². The number of benzene rings is 2. The number of hydrogen-bond acceptors (Lipinski definition) is 4. The van der Waals surface area contributed by atoms with Gasteiger partial charge < -0.3 is 10.6 Å². The molecule has 3 aromatic rings. The SMILES string of the molecule is CC[C@H](C)Nc1nc(Nc2ccc(C(F)(F)F)cc2)cc(-c2ccccc2)n1. The Morgan fingerprint density at radius 2 is 1.64 bits per heavy atom. The van der Waals surface area contributed by atoms with Crippen LogP contribution in [0.5, 0.6) is 0 Å². The van der Waals surface area contributed by atoms with Crippen molar-refractivity contribution in [1.29, 1.82) is 0 Å². The first-order valence-corrected chi connectivity index (χ1v) is 9.00. The Morgan fingerprint density at radius 3 is 2.25 bits per heavy atom. The van der Waals surface area contributed by atoms with E-state index in [-0.39, 0.29) is 6.04 Å². The molecule has 0 saturated carbocycles. The number of anilines is 3. The predicted octanol–water partition coefficient (Wildman–Crippen LogP) is 6.12. The summed E-state index contributed by atoms with van der Waals surface area (Å²) in [5.74, 6) is 0.963. The molecule has 0 aliphatic carbocycles. The topological polar surface area (TPSA) is 49.8 Å². The van der Waals surface area contributed by atoms with Crippen LogP contribution in [0.1, 0.15) is 25.8 Å². The van der Waals surface area contributed by atoms with E-state index in [0.717, 1.165) is 29.8 Å². The summed E-state index contributed by atoms with van der Waals surface area (Å²) in [4.78, 5) is 9.03. The minimum Gasteiger partial charge on any atom is -0.352 e. The summed E-state index contributed by atoms with van der Waals surface area (Å²) in [6.45, 7) is 4.08. The van der Waals surface area contributed by atoms with Crippen molar-refractivity contribution >= 4 is 17.5 Å². The van der Waals surface area contributed by atoms with Crippen molar-refractivity contribution in [3.8, 4) is 11.3 Å². The van der Waals surface area contributed by atoms with E-state index in [9.17, 15) is 13.2 Å². The molecular formula is C21H21F3N4. The largest absolute Gasteiger partial charge is 0.416 e. The lowest BCUT2D eigenvalue weighted by Gasteiger charge is -2.15. The zero-order chi connectivity index (χ0) is 20.1. The summed E-state index contributed by atoms with van der Waals surface area (Å²) >= 11 is 0. The fourth-order valence-corrected chi connectivity index (χ4v) is 2.55. The zero-order valence-corrected chi connectivity index (χ0v) is 15.6.